The number of halogens is 1. The Kier molecular flexibility index (Phi) is 3.16. The van der Waals surface area contributed by atoms with E-state index in [-0.39, 0.29) is 0 Å². The summed E-state index contributed by atoms with van der Waals surface area (Å²) < 4.78 is 0. The maximum absolute atomic E-state index is 10.9. The number of hydrogen-bond donors (Lipinski definition) is 2. The Morgan fingerprint density at radius 3 is 2.75 bits per heavy atom. The van der Waals surface area contributed by atoms with Gasteiger partial charge in [-0.1, -0.05) is 23.7 Å². The first-order valence-corrected chi connectivity index (χ1v) is 5.02. The highest BCUT2D eigenvalue weighted by molar-refractivity contribution is 6.30. The van der Waals surface area contributed by atoms with Gasteiger partial charge in [0.05, 0.1) is 6.20 Å². The molecular weight excluding hydrogens is 228 g/mol. The molecule has 0 atom stereocenters. The van der Waals surface area contributed by atoms with E-state index in [1.807, 2.05) is 24.3 Å². The second kappa shape index (κ2) is 4.76. The topological polar surface area (TPSA) is 70.7 Å². The van der Waals surface area contributed by atoms with Crippen molar-refractivity contribution in [2.75, 3.05) is 5.32 Å². The van der Waals surface area contributed by atoms with Crippen LogP contribution < -0.4 is 11.0 Å². The zero-order valence-corrected chi connectivity index (χ0v) is 9.03. The maximum atomic E-state index is 10.9. The summed E-state index contributed by atoms with van der Waals surface area (Å²) >= 11 is 5.76. The standard InChI is InChI=1S/C10H9ClN4O/c11-8-3-1-7(2-4-8)5-12-9-6-13-15-10(16)14-9/h1-4,6H,5H2,(H2,12,14,15,16). The average Bonchev–Trinajstić information content (AvgIpc) is 2.28. The quantitative estimate of drug-likeness (QED) is 0.846. The Morgan fingerprint density at radius 1 is 1.31 bits per heavy atom. The van der Waals surface area contributed by atoms with E-state index in [0.29, 0.717) is 17.4 Å². The van der Waals surface area contributed by atoms with Gasteiger partial charge in [0.1, 0.15) is 0 Å². The van der Waals surface area contributed by atoms with Gasteiger partial charge in [0.25, 0.3) is 0 Å². The van der Waals surface area contributed by atoms with Crippen LogP contribution >= 0.6 is 11.6 Å². The molecule has 1 aromatic carbocycles. The fraction of sp³-hybridized carbons (Fsp3) is 0.100. The summed E-state index contributed by atoms with van der Waals surface area (Å²) in [7, 11) is 0. The maximum Gasteiger partial charge on any atom is 0.363 e. The number of hydrogen-bond acceptors (Lipinski definition) is 4. The lowest BCUT2D eigenvalue weighted by Gasteiger charge is -2.04. The van der Waals surface area contributed by atoms with Gasteiger partial charge in [0.2, 0.25) is 0 Å². The van der Waals surface area contributed by atoms with E-state index in [1.54, 1.807) is 0 Å². The van der Waals surface area contributed by atoms with Gasteiger partial charge in [0, 0.05) is 11.6 Å². The molecule has 0 amide bonds. The van der Waals surface area contributed by atoms with Crippen molar-refractivity contribution in [2.45, 2.75) is 6.54 Å². The predicted molar refractivity (Wildman–Crippen MR) is 61.4 cm³/mol. The van der Waals surface area contributed by atoms with Gasteiger partial charge in [0.15, 0.2) is 5.82 Å². The predicted octanol–water partition coefficient (Wildman–Crippen LogP) is 1.43. The largest absolute Gasteiger partial charge is 0.364 e. The third kappa shape index (κ3) is 2.80. The first-order valence-electron chi connectivity index (χ1n) is 4.64. The van der Waals surface area contributed by atoms with Crippen LogP contribution in [0.4, 0.5) is 5.82 Å². The van der Waals surface area contributed by atoms with Gasteiger partial charge in [-0.15, -0.1) is 0 Å². The Hall–Kier alpha value is -1.88. The number of anilines is 1. The van der Waals surface area contributed by atoms with Crippen molar-refractivity contribution < 1.29 is 0 Å². The Labute approximate surface area is 96.5 Å². The normalized spacial score (nSPS) is 10.1. The molecule has 1 heterocycles. The van der Waals surface area contributed by atoms with Crippen molar-refractivity contribution in [2.24, 2.45) is 0 Å². The van der Waals surface area contributed by atoms with Crippen LogP contribution in [0.2, 0.25) is 5.02 Å². The minimum atomic E-state index is -0.471. The van der Waals surface area contributed by atoms with Gasteiger partial charge in [-0.25, -0.2) is 9.89 Å². The molecule has 0 spiro atoms. The molecule has 0 fully saturated rings. The first kappa shape index (κ1) is 10.6. The SMILES string of the molecule is O=c1nc(NCc2ccc(Cl)cc2)cn[nH]1. The molecular formula is C10H9ClN4O. The van der Waals surface area contributed by atoms with Crippen molar-refractivity contribution in [3.63, 3.8) is 0 Å². The molecule has 6 heteroatoms. The minimum absolute atomic E-state index is 0.443. The zero-order chi connectivity index (χ0) is 11.4. The summed E-state index contributed by atoms with van der Waals surface area (Å²) in [6, 6.07) is 7.41. The molecule has 0 saturated carbocycles. The van der Waals surface area contributed by atoms with Crippen LogP contribution in [0, 0.1) is 0 Å². The number of H-pyrrole nitrogens is 1. The summed E-state index contributed by atoms with van der Waals surface area (Å²) in [6.45, 7) is 0.565. The number of aromatic amines is 1. The van der Waals surface area contributed by atoms with Crippen LogP contribution in [-0.4, -0.2) is 15.2 Å². The van der Waals surface area contributed by atoms with E-state index in [0.717, 1.165) is 5.56 Å². The molecule has 82 valence electrons. The van der Waals surface area contributed by atoms with Crippen LogP contribution in [0.3, 0.4) is 0 Å². The van der Waals surface area contributed by atoms with E-state index >= 15 is 0 Å². The van der Waals surface area contributed by atoms with Crippen LogP contribution in [-0.2, 0) is 6.54 Å². The number of nitrogens with zero attached hydrogens (tertiary/aromatic N) is 2. The van der Waals surface area contributed by atoms with E-state index in [4.69, 9.17) is 11.6 Å². The van der Waals surface area contributed by atoms with Crippen molar-refractivity contribution >= 4 is 17.4 Å². The van der Waals surface area contributed by atoms with Gasteiger partial charge in [-0.3, -0.25) is 0 Å². The van der Waals surface area contributed by atoms with E-state index in [2.05, 4.69) is 20.5 Å². The smallest absolute Gasteiger partial charge is 0.363 e. The van der Waals surface area contributed by atoms with Crippen molar-refractivity contribution in [3.8, 4) is 0 Å². The van der Waals surface area contributed by atoms with Gasteiger partial charge in [-0.05, 0) is 17.7 Å². The summed E-state index contributed by atoms with van der Waals surface area (Å²) in [4.78, 5) is 14.6. The summed E-state index contributed by atoms with van der Waals surface area (Å²) in [5.74, 6) is 0.443. The fourth-order valence-corrected chi connectivity index (χ4v) is 1.32. The molecule has 2 aromatic rings. The van der Waals surface area contributed by atoms with E-state index < -0.39 is 5.69 Å². The summed E-state index contributed by atoms with van der Waals surface area (Å²) in [5.41, 5.74) is 0.576. The van der Waals surface area contributed by atoms with Crippen molar-refractivity contribution in [1.82, 2.24) is 15.2 Å². The number of rotatable bonds is 3. The average molecular weight is 237 g/mol. The highest BCUT2D eigenvalue weighted by Gasteiger charge is 1.96. The molecule has 0 saturated heterocycles. The lowest BCUT2D eigenvalue weighted by atomic mass is 10.2. The molecule has 0 aliphatic carbocycles. The highest BCUT2D eigenvalue weighted by atomic mass is 35.5. The first-order chi connectivity index (χ1) is 7.74. The van der Waals surface area contributed by atoms with Crippen LogP contribution in [0.1, 0.15) is 5.56 Å². The minimum Gasteiger partial charge on any atom is -0.364 e. The number of aromatic nitrogens is 3. The Bertz CT molecular complexity index is 523. The van der Waals surface area contributed by atoms with Crippen LogP contribution in [0.5, 0.6) is 0 Å². The number of benzene rings is 1. The monoisotopic (exact) mass is 236 g/mol. The highest BCUT2D eigenvalue weighted by Crippen LogP contribution is 2.10. The molecule has 5 nitrogen and oxygen atoms in total. The zero-order valence-electron chi connectivity index (χ0n) is 8.27. The molecule has 0 unspecified atom stereocenters. The molecule has 16 heavy (non-hydrogen) atoms. The van der Waals surface area contributed by atoms with Crippen molar-refractivity contribution in [1.29, 1.82) is 0 Å². The van der Waals surface area contributed by atoms with Crippen LogP contribution in [0.15, 0.2) is 35.3 Å². The molecule has 2 rings (SSSR count). The van der Waals surface area contributed by atoms with Gasteiger partial charge >= 0.3 is 5.69 Å². The molecule has 1 aromatic heterocycles. The summed E-state index contributed by atoms with van der Waals surface area (Å²) in [6.07, 6.45) is 1.46. The molecule has 2 N–H and O–H groups in total. The molecule has 0 aliphatic heterocycles. The van der Waals surface area contributed by atoms with Gasteiger partial charge < -0.3 is 5.32 Å². The van der Waals surface area contributed by atoms with Crippen molar-refractivity contribution in [3.05, 3.63) is 51.5 Å². The second-order valence-electron chi connectivity index (χ2n) is 3.15. The third-order valence-corrected chi connectivity index (χ3v) is 2.21. The molecule has 0 radical (unpaired) electrons. The molecule has 0 aliphatic rings. The fourth-order valence-electron chi connectivity index (χ4n) is 1.19. The lowest BCUT2D eigenvalue weighted by Crippen LogP contribution is -2.14. The van der Waals surface area contributed by atoms with Gasteiger partial charge in [-0.2, -0.15) is 10.1 Å². The number of nitrogens with one attached hydrogen (secondary N) is 2. The Morgan fingerprint density at radius 2 is 2.06 bits per heavy atom. The Balaban J connectivity index is 2.02. The third-order valence-electron chi connectivity index (χ3n) is 1.96. The van der Waals surface area contributed by atoms with Crippen LogP contribution in [0.25, 0.3) is 0 Å². The second-order valence-corrected chi connectivity index (χ2v) is 3.59. The lowest BCUT2D eigenvalue weighted by molar-refractivity contribution is 0.907. The van der Waals surface area contributed by atoms with E-state index in [1.165, 1.54) is 6.20 Å². The molecule has 0 bridgehead atoms. The van der Waals surface area contributed by atoms with E-state index in [9.17, 15) is 4.79 Å². The summed E-state index contributed by atoms with van der Waals surface area (Å²) in [5, 5.41) is 9.51.